The Labute approximate surface area is 139 Å². The molecule has 0 saturated heterocycles. The molecule has 1 aromatic carbocycles. The van der Waals surface area contributed by atoms with Crippen LogP contribution in [0.3, 0.4) is 0 Å². The Morgan fingerprint density at radius 2 is 2.09 bits per heavy atom. The monoisotopic (exact) mass is 364 g/mol. The molecule has 2 rings (SSSR count). The van der Waals surface area contributed by atoms with E-state index >= 15 is 0 Å². The van der Waals surface area contributed by atoms with Crippen LogP contribution in [0.1, 0.15) is 44.5 Å². The zero-order valence-corrected chi connectivity index (χ0v) is 15.0. The summed E-state index contributed by atoms with van der Waals surface area (Å²) in [5, 5.41) is 2.88. The van der Waals surface area contributed by atoms with Crippen molar-refractivity contribution >= 4 is 27.5 Å². The van der Waals surface area contributed by atoms with Crippen molar-refractivity contribution in [3.05, 3.63) is 46.1 Å². The lowest BCUT2D eigenvalue weighted by Gasteiger charge is -2.12. The van der Waals surface area contributed by atoms with Crippen LogP contribution in [0, 0.1) is 6.92 Å². The number of rotatable bonds is 4. The number of aryl methyl sites for hydroxylation is 2. The molecule has 1 heterocycles. The smallest absolute Gasteiger partial charge is 0.224 e. The van der Waals surface area contributed by atoms with E-state index in [-0.39, 0.29) is 11.3 Å². The Bertz CT molecular complexity index is 672. The number of hydrogen-bond donors (Lipinski definition) is 1. The van der Waals surface area contributed by atoms with Crippen LogP contribution in [0.2, 0.25) is 0 Å². The second-order valence-electron chi connectivity index (χ2n) is 6.34. The van der Waals surface area contributed by atoms with Gasteiger partial charge in [-0.1, -0.05) is 42.8 Å². The topological polar surface area (TPSA) is 55.1 Å². The number of carbonyl (C=O) groups excluding carboxylic acids is 1. The summed E-state index contributed by atoms with van der Waals surface area (Å²) in [4.78, 5) is 16.5. The molecule has 1 aromatic heterocycles. The quantitative estimate of drug-likeness (QED) is 0.861. The maximum Gasteiger partial charge on any atom is 0.224 e. The third kappa shape index (κ3) is 4.44. The van der Waals surface area contributed by atoms with Crippen molar-refractivity contribution in [2.24, 2.45) is 0 Å². The Kier molecular flexibility index (Phi) is 5.06. The van der Waals surface area contributed by atoms with Gasteiger partial charge in [-0.15, -0.1) is 0 Å². The van der Waals surface area contributed by atoms with Crippen molar-refractivity contribution in [3.8, 4) is 0 Å². The van der Waals surface area contributed by atoms with Gasteiger partial charge in [0.15, 0.2) is 5.89 Å². The summed E-state index contributed by atoms with van der Waals surface area (Å²) < 4.78 is 6.74. The number of benzene rings is 1. The predicted molar refractivity (Wildman–Crippen MR) is 91.0 cm³/mol. The van der Waals surface area contributed by atoms with E-state index in [0.29, 0.717) is 18.7 Å². The highest BCUT2D eigenvalue weighted by atomic mass is 79.9. The number of nitrogens with one attached hydrogen (secondary N) is 1. The summed E-state index contributed by atoms with van der Waals surface area (Å²) in [6.45, 7) is 8.09. The molecule has 5 heteroatoms. The molecule has 0 saturated carbocycles. The normalized spacial score (nSPS) is 11.5. The zero-order chi connectivity index (χ0) is 16.3. The van der Waals surface area contributed by atoms with Crippen LogP contribution in [0.25, 0.3) is 0 Å². The number of anilines is 1. The minimum atomic E-state index is -0.123. The molecular weight excluding hydrogens is 344 g/mol. The molecule has 0 atom stereocenters. The minimum absolute atomic E-state index is 0.0359. The van der Waals surface area contributed by atoms with E-state index in [1.54, 1.807) is 0 Å². The first kappa shape index (κ1) is 16.7. The number of halogens is 1. The van der Waals surface area contributed by atoms with Crippen molar-refractivity contribution in [2.45, 2.75) is 46.0 Å². The molecule has 4 nitrogen and oxygen atoms in total. The fourth-order valence-corrected chi connectivity index (χ4v) is 2.40. The maximum atomic E-state index is 12.0. The maximum absolute atomic E-state index is 12.0. The van der Waals surface area contributed by atoms with Gasteiger partial charge in [-0.2, -0.15) is 0 Å². The lowest BCUT2D eigenvalue weighted by molar-refractivity contribution is -0.116. The molecule has 22 heavy (non-hydrogen) atoms. The van der Waals surface area contributed by atoms with E-state index < -0.39 is 0 Å². The highest BCUT2D eigenvalue weighted by Gasteiger charge is 2.22. The minimum Gasteiger partial charge on any atom is -0.445 e. The van der Waals surface area contributed by atoms with E-state index in [1.807, 2.05) is 31.2 Å². The molecule has 0 aliphatic rings. The first-order valence-electron chi connectivity index (χ1n) is 7.28. The van der Waals surface area contributed by atoms with E-state index in [2.05, 4.69) is 47.0 Å². The number of oxazole rings is 1. The first-order valence-corrected chi connectivity index (χ1v) is 8.07. The third-order valence-electron chi connectivity index (χ3n) is 3.22. The SMILES string of the molecule is Cc1nc(C(C)(C)C)oc1CCC(=O)Nc1cccc(Br)c1. The molecule has 0 radical (unpaired) electrons. The molecule has 2 aromatic rings. The van der Waals surface area contributed by atoms with Crippen LogP contribution in [0.4, 0.5) is 5.69 Å². The number of hydrogen-bond acceptors (Lipinski definition) is 3. The van der Waals surface area contributed by atoms with E-state index in [9.17, 15) is 4.79 Å². The lowest BCUT2D eigenvalue weighted by Crippen LogP contribution is -2.12. The molecule has 1 amide bonds. The van der Waals surface area contributed by atoms with Gasteiger partial charge in [0, 0.05) is 28.4 Å². The Morgan fingerprint density at radius 1 is 1.36 bits per heavy atom. The van der Waals surface area contributed by atoms with Crippen molar-refractivity contribution in [1.29, 1.82) is 0 Å². The predicted octanol–water partition coefficient (Wildman–Crippen LogP) is 4.61. The first-order chi connectivity index (χ1) is 10.3. The molecule has 0 bridgehead atoms. The van der Waals surface area contributed by atoms with E-state index in [1.165, 1.54) is 0 Å². The van der Waals surface area contributed by atoms with Gasteiger partial charge in [0.05, 0.1) is 5.69 Å². The standard InChI is InChI=1S/C17H21BrN2O2/c1-11-14(22-16(19-11)17(2,3)4)8-9-15(21)20-13-7-5-6-12(18)10-13/h5-7,10H,8-9H2,1-4H3,(H,20,21). The van der Waals surface area contributed by atoms with Gasteiger partial charge in [0.1, 0.15) is 5.76 Å². The lowest BCUT2D eigenvalue weighted by atomic mass is 9.97. The van der Waals surface area contributed by atoms with Gasteiger partial charge >= 0.3 is 0 Å². The van der Waals surface area contributed by atoms with Gasteiger partial charge in [-0.3, -0.25) is 4.79 Å². The Morgan fingerprint density at radius 3 is 2.68 bits per heavy atom. The van der Waals surface area contributed by atoms with Gasteiger partial charge in [0.25, 0.3) is 0 Å². The van der Waals surface area contributed by atoms with Gasteiger partial charge in [-0.05, 0) is 25.1 Å². The zero-order valence-electron chi connectivity index (χ0n) is 13.4. The molecule has 1 N–H and O–H groups in total. The van der Waals surface area contributed by atoms with Gasteiger partial charge in [0.2, 0.25) is 5.91 Å². The van der Waals surface area contributed by atoms with Gasteiger partial charge in [-0.25, -0.2) is 4.98 Å². The summed E-state index contributed by atoms with van der Waals surface area (Å²) in [5.74, 6) is 1.47. The molecule has 0 aliphatic carbocycles. The number of carbonyl (C=O) groups is 1. The molecule has 0 spiro atoms. The van der Waals surface area contributed by atoms with Crippen LogP contribution in [0.15, 0.2) is 33.2 Å². The number of nitrogens with zero attached hydrogens (tertiary/aromatic N) is 1. The van der Waals surface area contributed by atoms with Crippen molar-refractivity contribution in [3.63, 3.8) is 0 Å². The second-order valence-corrected chi connectivity index (χ2v) is 7.25. The number of aromatic nitrogens is 1. The fourth-order valence-electron chi connectivity index (χ4n) is 2.00. The highest BCUT2D eigenvalue weighted by molar-refractivity contribution is 9.10. The molecule has 118 valence electrons. The van der Waals surface area contributed by atoms with E-state index in [4.69, 9.17) is 4.42 Å². The molecule has 0 unspecified atom stereocenters. The van der Waals surface area contributed by atoms with Crippen LogP contribution >= 0.6 is 15.9 Å². The summed E-state index contributed by atoms with van der Waals surface area (Å²) >= 11 is 3.38. The van der Waals surface area contributed by atoms with Crippen molar-refractivity contribution in [2.75, 3.05) is 5.32 Å². The third-order valence-corrected chi connectivity index (χ3v) is 3.72. The molecule has 0 fully saturated rings. The largest absolute Gasteiger partial charge is 0.445 e. The average Bonchev–Trinajstić information content (AvgIpc) is 2.78. The molecular formula is C17H21BrN2O2. The summed E-state index contributed by atoms with van der Waals surface area (Å²) in [6.07, 6.45) is 0.918. The highest BCUT2D eigenvalue weighted by Crippen LogP contribution is 2.24. The fraction of sp³-hybridized carbons (Fsp3) is 0.412. The van der Waals surface area contributed by atoms with Crippen molar-refractivity contribution < 1.29 is 9.21 Å². The summed E-state index contributed by atoms with van der Waals surface area (Å²) in [6, 6.07) is 7.53. The Balaban J connectivity index is 1.95. The number of amides is 1. The summed E-state index contributed by atoms with van der Waals surface area (Å²) in [7, 11) is 0. The average molecular weight is 365 g/mol. The van der Waals surface area contributed by atoms with Crippen LogP contribution in [-0.2, 0) is 16.6 Å². The van der Waals surface area contributed by atoms with Crippen LogP contribution in [-0.4, -0.2) is 10.9 Å². The van der Waals surface area contributed by atoms with Crippen LogP contribution in [0.5, 0.6) is 0 Å². The molecule has 0 aliphatic heterocycles. The van der Waals surface area contributed by atoms with Crippen LogP contribution < -0.4 is 5.32 Å². The van der Waals surface area contributed by atoms with E-state index in [0.717, 1.165) is 21.6 Å². The summed E-state index contributed by atoms with van der Waals surface area (Å²) in [5.41, 5.74) is 1.52. The second kappa shape index (κ2) is 6.65. The Hall–Kier alpha value is -1.62. The van der Waals surface area contributed by atoms with Gasteiger partial charge < -0.3 is 9.73 Å². The van der Waals surface area contributed by atoms with Crippen molar-refractivity contribution in [1.82, 2.24) is 4.98 Å².